The smallest absolute Gasteiger partial charge is 0.313 e. The van der Waals surface area contributed by atoms with E-state index in [4.69, 9.17) is 0 Å². The van der Waals surface area contributed by atoms with Crippen molar-refractivity contribution in [2.24, 2.45) is 0 Å². The SMILES string of the molecule is CCCCCCCC/C=C\CCCCCCCC(=O)OC(C)=O. The van der Waals surface area contributed by atoms with Gasteiger partial charge in [-0.3, -0.25) is 9.59 Å². The molecule has 3 nitrogen and oxygen atoms in total. The summed E-state index contributed by atoms with van der Waals surface area (Å²) in [6.07, 6.45) is 21.0. The van der Waals surface area contributed by atoms with E-state index in [1.807, 2.05) is 0 Å². The van der Waals surface area contributed by atoms with Crippen LogP contribution in [0.3, 0.4) is 0 Å². The van der Waals surface area contributed by atoms with Crippen molar-refractivity contribution >= 4 is 11.9 Å². The van der Waals surface area contributed by atoms with E-state index in [0.717, 1.165) is 19.3 Å². The quantitative estimate of drug-likeness (QED) is 0.158. The molecular weight excluding hydrogens is 288 g/mol. The van der Waals surface area contributed by atoms with Crippen LogP contribution < -0.4 is 0 Å². The third-order valence-corrected chi connectivity index (χ3v) is 3.90. The lowest BCUT2D eigenvalue weighted by atomic mass is 10.1. The van der Waals surface area contributed by atoms with Gasteiger partial charge in [0, 0.05) is 13.3 Å². The standard InChI is InChI=1S/C20H36O3/c1-3-4-5-6-7-8-9-10-11-12-13-14-15-16-17-18-20(22)23-19(2)21/h10-11H,3-9,12-18H2,1-2H3/b11-10-. The normalized spacial score (nSPS) is 11.0. The fourth-order valence-corrected chi connectivity index (χ4v) is 2.55. The van der Waals surface area contributed by atoms with E-state index in [-0.39, 0.29) is 0 Å². The molecule has 3 heteroatoms. The lowest BCUT2D eigenvalue weighted by molar-refractivity contribution is -0.158. The molecule has 0 unspecified atom stereocenters. The van der Waals surface area contributed by atoms with E-state index in [9.17, 15) is 9.59 Å². The number of rotatable bonds is 15. The van der Waals surface area contributed by atoms with Gasteiger partial charge in [-0.1, -0.05) is 70.4 Å². The summed E-state index contributed by atoms with van der Waals surface area (Å²) in [7, 11) is 0. The van der Waals surface area contributed by atoms with Gasteiger partial charge < -0.3 is 4.74 Å². The molecule has 0 saturated heterocycles. The average Bonchev–Trinajstić information content (AvgIpc) is 2.50. The first-order valence-corrected chi connectivity index (χ1v) is 9.53. The molecule has 0 amide bonds. The Bertz CT molecular complexity index is 321. The number of allylic oxidation sites excluding steroid dienone is 2. The second kappa shape index (κ2) is 17.2. The highest BCUT2D eigenvalue weighted by molar-refractivity contribution is 5.83. The Balaban J connectivity index is 3.19. The molecule has 0 fully saturated rings. The van der Waals surface area contributed by atoms with Crippen LogP contribution in [0.25, 0.3) is 0 Å². The third-order valence-electron chi connectivity index (χ3n) is 3.90. The third kappa shape index (κ3) is 18.8. The predicted octanol–water partition coefficient (Wildman–Crippen LogP) is 6.11. The van der Waals surface area contributed by atoms with E-state index in [1.165, 1.54) is 71.1 Å². The zero-order valence-corrected chi connectivity index (χ0v) is 15.3. The Labute approximate surface area is 142 Å². The van der Waals surface area contributed by atoms with Gasteiger partial charge in [0.1, 0.15) is 0 Å². The van der Waals surface area contributed by atoms with Crippen molar-refractivity contribution in [1.82, 2.24) is 0 Å². The highest BCUT2D eigenvalue weighted by atomic mass is 16.6. The Kier molecular flexibility index (Phi) is 16.4. The fourth-order valence-electron chi connectivity index (χ4n) is 2.55. The van der Waals surface area contributed by atoms with Gasteiger partial charge in [-0.2, -0.15) is 0 Å². The van der Waals surface area contributed by atoms with Crippen molar-refractivity contribution in [3.63, 3.8) is 0 Å². The van der Waals surface area contributed by atoms with E-state index < -0.39 is 11.9 Å². The summed E-state index contributed by atoms with van der Waals surface area (Å²) in [5.41, 5.74) is 0. The molecule has 0 aromatic carbocycles. The number of carbonyl (C=O) groups is 2. The first kappa shape index (κ1) is 21.9. The molecule has 0 rings (SSSR count). The molecule has 23 heavy (non-hydrogen) atoms. The van der Waals surface area contributed by atoms with Crippen molar-refractivity contribution in [2.75, 3.05) is 0 Å². The van der Waals surface area contributed by atoms with Crippen LogP contribution in [0.4, 0.5) is 0 Å². The number of ether oxygens (including phenoxy) is 1. The topological polar surface area (TPSA) is 43.4 Å². The zero-order chi connectivity index (χ0) is 17.2. The summed E-state index contributed by atoms with van der Waals surface area (Å²) in [5.74, 6) is -0.905. The van der Waals surface area contributed by atoms with Crippen LogP contribution in [-0.4, -0.2) is 11.9 Å². The van der Waals surface area contributed by atoms with E-state index in [0.29, 0.717) is 6.42 Å². The van der Waals surface area contributed by atoms with Gasteiger partial charge >= 0.3 is 11.9 Å². The molecule has 0 atom stereocenters. The monoisotopic (exact) mass is 324 g/mol. The van der Waals surface area contributed by atoms with Crippen molar-refractivity contribution in [2.45, 2.75) is 104 Å². The van der Waals surface area contributed by atoms with Crippen molar-refractivity contribution < 1.29 is 14.3 Å². The fraction of sp³-hybridized carbons (Fsp3) is 0.800. The average molecular weight is 325 g/mol. The van der Waals surface area contributed by atoms with Crippen LogP contribution in [0, 0.1) is 0 Å². The van der Waals surface area contributed by atoms with Crippen molar-refractivity contribution in [1.29, 1.82) is 0 Å². The summed E-state index contributed by atoms with van der Waals surface area (Å²) >= 11 is 0. The molecule has 0 radical (unpaired) electrons. The number of esters is 2. The second-order valence-electron chi connectivity index (χ2n) is 6.30. The van der Waals surface area contributed by atoms with Crippen molar-refractivity contribution in [3.05, 3.63) is 12.2 Å². The molecule has 134 valence electrons. The molecule has 0 aromatic rings. The van der Waals surface area contributed by atoms with Crippen LogP contribution in [0.5, 0.6) is 0 Å². The van der Waals surface area contributed by atoms with Crippen LogP contribution in [0.1, 0.15) is 104 Å². The molecule has 0 aliphatic rings. The highest BCUT2D eigenvalue weighted by Gasteiger charge is 2.04. The number of hydrogen-bond donors (Lipinski definition) is 0. The predicted molar refractivity (Wildman–Crippen MR) is 96.2 cm³/mol. The lowest BCUT2D eigenvalue weighted by Gasteiger charge is -2.01. The minimum atomic E-state index is -0.511. The number of carbonyl (C=O) groups excluding carboxylic acids is 2. The largest absolute Gasteiger partial charge is 0.393 e. The first-order chi connectivity index (χ1) is 11.2. The van der Waals surface area contributed by atoms with Gasteiger partial charge in [-0.25, -0.2) is 0 Å². The van der Waals surface area contributed by atoms with E-state index in [1.54, 1.807) is 0 Å². The molecule has 0 N–H and O–H groups in total. The first-order valence-electron chi connectivity index (χ1n) is 9.53. The van der Waals surface area contributed by atoms with E-state index in [2.05, 4.69) is 23.8 Å². The maximum absolute atomic E-state index is 11.1. The summed E-state index contributed by atoms with van der Waals surface area (Å²) < 4.78 is 4.48. The van der Waals surface area contributed by atoms with Gasteiger partial charge in [0.2, 0.25) is 0 Å². The molecule has 0 bridgehead atoms. The molecule has 0 aromatic heterocycles. The number of unbranched alkanes of at least 4 members (excludes halogenated alkanes) is 11. The van der Waals surface area contributed by atoms with E-state index >= 15 is 0 Å². The van der Waals surface area contributed by atoms with Crippen LogP contribution >= 0.6 is 0 Å². The highest BCUT2D eigenvalue weighted by Crippen LogP contribution is 2.10. The Morgan fingerprint density at radius 1 is 0.739 bits per heavy atom. The van der Waals surface area contributed by atoms with Crippen LogP contribution in [-0.2, 0) is 14.3 Å². The zero-order valence-electron chi connectivity index (χ0n) is 15.3. The maximum atomic E-state index is 11.1. The minimum Gasteiger partial charge on any atom is -0.393 e. The summed E-state index contributed by atoms with van der Waals surface area (Å²) in [6.45, 7) is 3.52. The maximum Gasteiger partial charge on any atom is 0.313 e. The molecule has 0 aliphatic heterocycles. The minimum absolute atomic E-state index is 0.359. The molecular formula is C20H36O3. The van der Waals surface area contributed by atoms with Gasteiger partial charge in [-0.05, 0) is 32.1 Å². The van der Waals surface area contributed by atoms with Crippen molar-refractivity contribution in [3.8, 4) is 0 Å². The van der Waals surface area contributed by atoms with Crippen LogP contribution in [0.15, 0.2) is 12.2 Å². The van der Waals surface area contributed by atoms with Gasteiger partial charge in [0.25, 0.3) is 0 Å². The Morgan fingerprint density at radius 2 is 1.22 bits per heavy atom. The molecule has 0 aliphatic carbocycles. The second-order valence-corrected chi connectivity index (χ2v) is 6.30. The lowest BCUT2D eigenvalue weighted by Crippen LogP contribution is -2.08. The van der Waals surface area contributed by atoms with Crippen LogP contribution in [0.2, 0.25) is 0 Å². The van der Waals surface area contributed by atoms with Gasteiger partial charge in [0.05, 0.1) is 0 Å². The molecule has 0 spiro atoms. The molecule has 0 heterocycles. The number of hydrogen-bond acceptors (Lipinski definition) is 3. The summed E-state index contributed by atoms with van der Waals surface area (Å²) in [6, 6.07) is 0. The Morgan fingerprint density at radius 3 is 1.74 bits per heavy atom. The Hall–Kier alpha value is -1.12. The summed E-state index contributed by atoms with van der Waals surface area (Å²) in [5, 5.41) is 0. The van der Waals surface area contributed by atoms with Gasteiger partial charge in [-0.15, -0.1) is 0 Å². The summed E-state index contributed by atoms with van der Waals surface area (Å²) in [4.78, 5) is 21.7. The molecule has 0 saturated carbocycles. The van der Waals surface area contributed by atoms with Gasteiger partial charge in [0.15, 0.2) is 0 Å².